The number of aromatic nitrogens is 1. The van der Waals surface area contributed by atoms with E-state index >= 15 is 0 Å². The number of nitrogens with zero attached hydrogens (tertiary/aromatic N) is 1. The summed E-state index contributed by atoms with van der Waals surface area (Å²) in [6.45, 7) is 3.42. The maximum absolute atomic E-state index is 12.2. The number of carboxylic acid groups (broad SMARTS) is 1. The van der Waals surface area contributed by atoms with Gasteiger partial charge >= 0.3 is 5.97 Å². The number of benzene rings is 1. The van der Waals surface area contributed by atoms with Crippen LogP contribution >= 0.6 is 0 Å². The van der Waals surface area contributed by atoms with Gasteiger partial charge in [-0.05, 0) is 48.7 Å². The third-order valence-corrected chi connectivity index (χ3v) is 3.74. The van der Waals surface area contributed by atoms with Crippen LogP contribution in [0.5, 0.6) is 11.5 Å². The van der Waals surface area contributed by atoms with Gasteiger partial charge in [0.05, 0.1) is 12.7 Å². The smallest absolute Gasteiger partial charge is 0.326 e. The van der Waals surface area contributed by atoms with E-state index in [2.05, 4.69) is 15.6 Å². The summed E-state index contributed by atoms with van der Waals surface area (Å²) in [5.41, 5.74) is 0.350. The van der Waals surface area contributed by atoms with Crippen LogP contribution in [-0.4, -0.2) is 40.5 Å². The summed E-state index contributed by atoms with van der Waals surface area (Å²) in [6, 6.07) is 8.92. The first-order valence-electron chi connectivity index (χ1n) is 8.83. The third-order valence-electron chi connectivity index (χ3n) is 3.74. The van der Waals surface area contributed by atoms with Gasteiger partial charge in [0.25, 0.3) is 5.91 Å². The predicted molar refractivity (Wildman–Crippen MR) is 102 cm³/mol. The van der Waals surface area contributed by atoms with Gasteiger partial charge < -0.3 is 20.5 Å². The lowest BCUT2D eigenvalue weighted by Crippen LogP contribution is -2.46. The standard InChI is InChI=1S/C20H23N3O5/c1-13(2)10-17(20(26)27)23-18(24)12-22-19(25)14-5-7-15(8-6-14)28-16-4-3-9-21-11-16/h3-9,11,13,17H,10,12H2,1-2H3,(H,22,25)(H,23,24)(H,26,27)/t17-/m0/s1. The number of carbonyl (C=O) groups is 3. The van der Waals surface area contributed by atoms with E-state index in [1.165, 1.54) is 0 Å². The lowest BCUT2D eigenvalue weighted by molar-refractivity contribution is -0.142. The van der Waals surface area contributed by atoms with E-state index in [4.69, 9.17) is 9.84 Å². The van der Waals surface area contributed by atoms with E-state index in [1.807, 2.05) is 13.8 Å². The number of amides is 2. The number of pyridine rings is 1. The Morgan fingerprint density at radius 3 is 2.39 bits per heavy atom. The molecule has 0 bridgehead atoms. The van der Waals surface area contributed by atoms with Crippen molar-refractivity contribution < 1.29 is 24.2 Å². The first-order valence-corrected chi connectivity index (χ1v) is 8.83. The summed E-state index contributed by atoms with van der Waals surface area (Å²) in [5.74, 6) is -0.872. The summed E-state index contributed by atoms with van der Waals surface area (Å²) in [6.07, 6.45) is 3.52. The Morgan fingerprint density at radius 2 is 1.82 bits per heavy atom. The maximum Gasteiger partial charge on any atom is 0.326 e. The van der Waals surface area contributed by atoms with Crippen molar-refractivity contribution in [1.82, 2.24) is 15.6 Å². The number of hydrogen-bond acceptors (Lipinski definition) is 5. The SMILES string of the molecule is CC(C)C[C@H](NC(=O)CNC(=O)c1ccc(Oc2cccnc2)cc1)C(=O)O. The molecule has 1 heterocycles. The zero-order valence-corrected chi connectivity index (χ0v) is 15.7. The van der Waals surface area contributed by atoms with Gasteiger partial charge in [0.1, 0.15) is 17.5 Å². The molecule has 148 valence electrons. The highest BCUT2D eigenvalue weighted by Crippen LogP contribution is 2.20. The second-order valence-corrected chi connectivity index (χ2v) is 6.59. The van der Waals surface area contributed by atoms with E-state index in [0.717, 1.165) is 0 Å². The van der Waals surface area contributed by atoms with Crippen molar-refractivity contribution in [3.05, 3.63) is 54.4 Å². The fourth-order valence-electron chi connectivity index (χ4n) is 2.42. The van der Waals surface area contributed by atoms with Crippen LogP contribution in [0.2, 0.25) is 0 Å². The second-order valence-electron chi connectivity index (χ2n) is 6.59. The summed E-state index contributed by atoms with van der Waals surface area (Å²) >= 11 is 0. The fraction of sp³-hybridized carbons (Fsp3) is 0.300. The summed E-state index contributed by atoms with van der Waals surface area (Å²) in [5, 5.41) is 14.0. The molecule has 1 aromatic carbocycles. The minimum Gasteiger partial charge on any atom is -0.480 e. The first kappa shape index (κ1) is 20.9. The van der Waals surface area contributed by atoms with Crippen molar-refractivity contribution >= 4 is 17.8 Å². The quantitative estimate of drug-likeness (QED) is 0.609. The highest BCUT2D eigenvalue weighted by molar-refractivity contribution is 5.97. The Morgan fingerprint density at radius 1 is 1.11 bits per heavy atom. The van der Waals surface area contributed by atoms with Crippen molar-refractivity contribution in [3.63, 3.8) is 0 Å². The highest BCUT2D eigenvalue weighted by Gasteiger charge is 2.21. The number of carbonyl (C=O) groups excluding carboxylic acids is 2. The minimum absolute atomic E-state index is 0.114. The van der Waals surface area contributed by atoms with Gasteiger partial charge in [-0.25, -0.2) is 4.79 Å². The summed E-state index contributed by atoms with van der Waals surface area (Å²) < 4.78 is 5.60. The minimum atomic E-state index is -1.10. The zero-order chi connectivity index (χ0) is 20.5. The van der Waals surface area contributed by atoms with Gasteiger partial charge in [0.15, 0.2) is 0 Å². The average Bonchev–Trinajstić information content (AvgIpc) is 2.66. The van der Waals surface area contributed by atoms with Gasteiger partial charge in [0, 0.05) is 11.8 Å². The van der Waals surface area contributed by atoms with Gasteiger partial charge in [-0.1, -0.05) is 13.8 Å². The Kier molecular flexibility index (Phi) is 7.50. The normalized spacial score (nSPS) is 11.5. The van der Waals surface area contributed by atoms with E-state index < -0.39 is 23.8 Å². The van der Waals surface area contributed by atoms with E-state index in [9.17, 15) is 14.4 Å². The van der Waals surface area contributed by atoms with Crippen molar-refractivity contribution in [2.45, 2.75) is 26.3 Å². The molecule has 0 aliphatic carbocycles. The van der Waals surface area contributed by atoms with Crippen LogP contribution in [0.3, 0.4) is 0 Å². The Bertz CT molecular complexity index is 806. The van der Waals surface area contributed by atoms with E-state index in [0.29, 0.717) is 23.5 Å². The van der Waals surface area contributed by atoms with Crippen molar-refractivity contribution in [3.8, 4) is 11.5 Å². The molecule has 2 rings (SSSR count). The third kappa shape index (κ3) is 6.71. The molecule has 28 heavy (non-hydrogen) atoms. The number of aliphatic carboxylic acids is 1. The predicted octanol–water partition coefficient (Wildman–Crippen LogP) is 2.22. The zero-order valence-electron chi connectivity index (χ0n) is 15.7. The van der Waals surface area contributed by atoms with Crippen LogP contribution in [0.25, 0.3) is 0 Å². The monoisotopic (exact) mass is 385 g/mol. The largest absolute Gasteiger partial charge is 0.480 e. The average molecular weight is 385 g/mol. The van der Waals surface area contributed by atoms with E-state index in [-0.39, 0.29) is 12.5 Å². The molecule has 0 saturated heterocycles. The first-order chi connectivity index (χ1) is 13.3. The van der Waals surface area contributed by atoms with Gasteiger partial charge in [0.2, 0.25) is 5.91 Å². The Hall–Kier alpha value is -3.42. The van der Waals surface area contributed by atoms with Gasteiger partial charge in [-0.15, -0.1) is 0 Å². The molecule has 0 spiro atoms. The lowest BCUT2D eigenvalue weighted by Gasteiger charge is -2.16. The van der Waals surface area contributed by atoms with Gasteiger partial charge in [-0.3, -0.25) is 14.6 Å². The molecule has 2 amide bonds. The fourth-order valence-corrected chi connectivity index (χ4v) is 2.42. The van der Waals surface area contributed by atoms with E-state index in [1.54, 1.807) is 48.8 Å². The summed E-state index contributed by atoms with van der Waals surface area (Å²) in [7, 11) is 0. The molecule has 0 saturated carbocycles. The molecule has 8 nitrogen and oxygen atoms in total. The summed E-state index contributed by atoms with van der Waals surface area (Å²) in [4.78, 5) is 39.2. The van der Waals surface area contributed by atoms with Crippen LogP contribution in [0.15, 0.2) is 48.8 Å². The number of nitrogens with one attached hydrogen (secondary N) is 2. The molecule has 0 aliphatic rings. The molecule has 1 atom stereocenters. The van der Waals surface area contributed by atoms with Crippen LogP contribution in [0.4, 0.5) is 0 Å². The molecule has 0 fully saturated rings. The number of hydrogen-bond donors (Lipinski definition) is 3. The molecular formula is C20H23N3O5. The maximum atomic E-state index is 12.2. The van der Waals surface area contributed by atoms with Crippen LogP contribution < -0.4 is 15.4 Å². The molecule has 8 heteroatoms. The molecule has 1 aromatic heterocycles. The Balaban J connectivity index is 1.85. The number of ether oxygens (including phenoxy) is 1. The topological polar surface area (TPSA) is 118 Å². The lowest BCUT2D eigenvalue weighted by atomic mass is 10.0. The van der Waals surface area contributed by atoms with Crippen molar-refractivity contribution in [1.29, 1.82) is 0 Å². The highest BCUT2D eigenvalue weighted by atomic mass is 16.5. The second kappa shape index (κ2) is 10.1. The van der Waals surface area contributed by atoms with Crippen LogP contribution in [0.1, 0.15) is 30.6 Å². The van der Waals surface area contributed by atoms with Crippen LogP contribution in [-0.2, 0) is 9.59 Å². The Labute approximate surface area is 162 Å². The molecule has 2 aromatic rings. The van der Waals surface area contributed by atoms with Crippen molar-refractivity contribution in [2.24, 2.45) is 5.92 Å². The molecule has 3 N–H and O–H groups in total. The molecule has 0 aliphatic heterocycles. The van der Waals surface area contributed by atoms with Gasteiger partial charge in [-0.2, -0.15) is 0 Å². The van der Waals surface area contributed by atoms with Crippen molar-refractivity contribution in [2.75, 3.05) is 6.54 Å². The molecular weight excluding hydrogens is 362 g/mol. The molecule has 0 unspecified atom stereocenters. The molecule has 0 radical (unpaired) electrons. The number of rotatable bonds is 9. The number of carboxylic acids is 1. The van der Waals surface area contributed by atoms with Crippen LogP contribution in [0, 0.1) is 5.92 Å².